The van der Waals surface area contributed by atoms with Gasteiger partial charge in [-0.1, -0.05) is 31.8 Å². The summed E-state index contributed by atoms with van der Waals surface area (Å²) in [6.45, 7) is 6.26. The average molecular weight is 516 g/mol. The molecule has 0 aliphatic heterocycles. The van der Waals surface area contributed by atoms with Crippen LogP contribution in [0.5, 0.6) is 0 Å². The summed E-state index contributed by atoms with van der Waals surface area (Å²) < 4.78 is 85.1. The summed E-state index contributed by atoms with van der Waals surface area (Å²) in [5, 5.41) is 5.12. The van der Waals surface area contributed by atoms with Gasteiger partial charge < -0.3 is 4.74 Å². The van der Waals surface area contributed by atoms with Crippen LogP contribution >= 0.6 is 0 Å². The second-order valence-corrected chi connectivity index (χ2v) is 16.2. The Balaban J connectivity index is 2.16. The van der Waals surface area contributed by atoms with Gasteiger partial charge in [0, 0.05) is 25.8 Å². The highest BCUT2D eigenvalue weighted by atomic mass is 32.2. The third-order valence-corrected chi connectivity index (χ3v) is 7.65. The number of rotatable bonds is 8. The highest BCUT2D eigenvalue weighted by Gasteiger charge is 2.39. The number of halogens is 4. The Morgan fingerprint density at radius 1 is 1.00 bits per heavy atom. The minimum Gasteiger partial charge on any atom is -0.361 e. The Labute approximate surface area is 196 Å². The fourth-order valence-corrected chi connectivity index (χ4v) is 4.51. The second kappa shape index (κ2) is 9.60. The molecule has 2 aromatic carbocycles. The fraction of sp³-hybridized carbons (Fsp3) is 0.318. The third-order valence-electron chi connectivity index (χ3n) is 5.01. The molecule has 0 spiro atoms. The van der Waals surface area contributed by atoms with E-state index in [9.17, 15) is 26.0 Å². The van der Waals surface area contributed by atoms with Crippen LogP contribution in [0.15, 0.2) is 53.4 Å². The van der Waals surface area contributed by atoms with Gasteiger partial charge in [0.1, 0.15) is 12.5 Å². The zero-order valence-corrected chi connectivity index (χ0v) is 20.7. The van der Waals surface area contributed by atoms with E-state index in [0.29, 0.717) is 5.56 Å². The maximum atomic E-state index is 14.0. The van der Waals surface area contributed by atoms with E-state index < -0.39 is 42.6 Å². The molecule has 0 amide bonds. The highest BCUT2D eigenvalue weighted by molar-refractivity contribution is 7.89. The fourth-order valence-electron chi connectivity index (χ4n) is 3.23. The molecule has 0 bridgehead atoms. The van der Waals surface area contributed by atoms with E-state index in [4.69, 9.17) is 9.88 Å². The maximum Gasteiger partial charge on any atom is 0.449 e. The molecule has 2 N–H and O–H groups in total. The van der Waals surface area contributed by atoms with Gasteiger partial charge in [0.15, 0.2) is 0 Å². The first-order valence-electron chi connectivity index (χ1n) is 10.3. The van der Waals surface area contributed by atoms with E-state index in [1.165, 1.54) is 36.4 Å². The van der Waals surface area contributed by atoms with Crippen molar-refractivity contribution in [2.24, 2.45) is 5.14 Å². The van der Waals surface area contributed by atoms with E-state index in [2.05, 4.69) is 24.6 Å². The number of nitrogens with two attached hydrogens (primary N) is 1. The lowest BCUT2D eigenvalue weighted by Gasteiger charge is -2.18. The average Bonchev–Trinajstić information content (AvgIpc) is 3.10. The van der Waals surface area contributed by atoms with E-state index in [0.717, 1.165) is 22.7 Å². The molecular weight excluding hydrogens is 490 g/mol. The molecule has 12 heteroatoms. The monoisotopic (exact) mass is 515 g/mol. The van der Waals surface area contributed by atoms with Crippen LogP contribution in [0.2, 0.25) is 25.7 Å². The van der Waals surface area contributed by atoms with Crippen LogP contribution in [-0.4, -0.2) is 32.6 Å². The Bertz CT molecular complexity index is 1250. The normalized spacial score (nSPS) is 12.8. The zero-order valence-electron chi connectivity index (χ0n) is 18.9. The first-order valence-corrected chi connectivity index (χ1v) is 15.6. The summed E-state index contributed by atoms with van der Waals surface area (Å²) in [6, 6.07) is 10.8. The van der Waals surface area contributed by atoms with Crippen LogP contribution in [0.25, 0.3) is 22.5 Å². The molecule has 0 saturated carbocycles. The summed E-state index contributed by atoms with van der Waals surface area (Å²) in [4.78, 5) is 3.67. The summed E-state index contributed by atoms with van der Waals surface area (Å²) in [6.07, 6.45) is -4.80. The van der Waals surface area contributed by atoms with Crippen LogP contribution in [0, 0.1) is 5.82 Å². The number of hydrogen-bond acceptors (Lipinski definition) is 4. The summed E-state index contributed by atoms with van der Waals surface area (Å²) in [7, 11) is -5.46. The van der Waals surface area contributed by atoms with Crippen LogP contribution in [0.1, 0.15) is 5.82 Å². The molecule has 3 rings (SSSR count). The van der Waals surface area contributed by atoms with Crippen LogP contribution in [0.4, 0.5) is 17.6 Å². The van der Waals surface area contributed by atoms with Crippen molar-refractivity contribution in [3.05, 3.63) is 60.2 Å². The number of sulfonamides is 1. The van der Waals surface area contributed by atoms with Crippen LogP contribution < -0.4 is 5.14 Å². The van der Waals surface area contributed by atoms with Crippen molar-refractivity contribution in [2.75, 3.05) is 6.61 Å². The lowest BCUT2D eigenvalue weighted by Crippen LogP contribution is -2.23. The number of hydrogen-bond donors (Lipinski definition) is 1. The van der Waals surface area contributed by atoms with Crippen molar-refractivity contribution < 1.29 is 30.7 Å². The minimum atomic E-state index is -4.80. The predicted octanol–water partition coefficient (Wildman–Crippen LogP) is 5.33. The van der Waals surface area contributed by atoms with Crippen molar-refractivity contribution in [3.63, 3.8) is 0 Å². The van der Waals surface area contributed by atoms with Crippen LogP contribution in [-0.2, 0) is 27.7 Å². The smallest absolute Gasteiger partial charge is 0.361 e. The molecule has 0 saturated heterocycles. The van der Waals surface area contributed by atoms with Gasteiger partial charge in [0.05, 0.1) is 16.3 Å². The molecule has 3 aromatic rings. The van der Waals surface area contributed by atoms with Crippen molar-refractivity contribution in [1.82, 2.24) is 9.55 Å². The molecule has 0 aliphatic rings. The first-order chi connectivity index (χ1) is 15.7. The Hall–Kier alpha value is -2.54. The number of aromatic nitrogens is 2. The van der Waals surface area contributed by atoms with Gasteiger partial charge in [-0.3, -0.25) is 4.57 Å². The predicted molar refractivity (Wildman–Crippen MR) is 124 cm³/mol. The Kier molecular flexibility index (Phi) is 7.36. The molecule has 0 unspecified atom stereocenters. The largest absolute Gasteiger partial charge is 0.449 e. The molecule has 184 valence electrons. The summed E-state index contributed by atoms with van der Waals surface area (Å²) >= 11 is 0. The standard InChI is InChI=1S/C22H25F4N3O3SSi/c1-34(2,3)13-12-32-14-29-20(16-4-8-17(23)9-5-16)19(28-21(29)22(24,25)26)15-6-10-18(11-7-15)33(27,30)31/h4-11H,12-14H2,1-3H3,(H2,27,30,31). The number of primary sulfonamides is 1. The minimum absolute atomic E-state index is 0.0475. The van der Waals surface area contributed by atoms with Crippen molar-refractivity contribution >= 4 is 18.1 Å². The third kappa shape index (κ3) is 6.32. The number of ether oxygens (including phenoxy) is 1. The van der Waals surface area contributed by atoms with Gasteiger partial charge in [-0.2, -0.15) is 13.2 Å². The molecule has 34 heavy (non-hydrogen) atoms. The quantitative estimate of drug-likeness (QED) is 0.249. The molecule has 0 aliphatic carbocycles. The van der Waals surface area contributed by atoms with E-state index >= 15 is 0 Å². The summed E-state index contributed by atoms with van der Waals surface area (Å²) in [5.74, 6) is -1.72. The SMILES string of the molecule is C[Si](C)(C)CCOCn1c(C(F)(F)F)nc(-c2ccc(S(N)(=O)=O)cc2)c1-c1ccc(F)cc1. The first kappa shape index (κ1) is 26.1. The lowest BCUT2D eigenvalue weighted by atomic mass is 10.0. The van der Waals surface area contributed by atoms with Gasteiger partial charge >= 0.3 is 6.18 Å². The van der Waals surface area contributed by atoms with Gasteiger partial charge in [-0.25, -0.2) is 22.9 Å². The van der Waals surface area contributed by atoms with Crippen molar-refractivity contribution in [3.8, 4) is 22.5 Å². The van der Waals surface area contributed by atoms with Crippen LogP contribution in [0.3, 0.4) is 0 Å². The van der Waals surface area contributed by atoms with E-state index in [1.807, 2.05) is 0 Å². The van der Waals surface area contributed by atoms with Gasteiger partial charge in [-0.15, -0.1) is 0 Å². The van der Waals surface area contributed by atoms with Gasteiger partial charge in [0.2, 0.25) is 15.8 Å². The molecule has 0 atom stereocenters. The Morgan fingerprint density at radius 2 is 1.56 bits per heavy atom. The lowest BCUT2D eigenvalue weighted by molar-refractivity contribution is -0.149. The number of benzene rings is 2. The summed E-state index contributed by atoms with van der Waals surface area (Å²) in [5.41, 5.74) is 0.555. The van der Waals surface area contributed by atoms with Gasteiger partial charge in [0.25, 0.3) is 0 Å². The number of alkyl halides is 3. The number of imidazole rings is 1. The molecule has 0 fully saturated rings. The molecule has 1 aromatic heterocycles. The second-order valence-electron chi connectivity index (χ2n) is 8.98. The van der Waals surface area contributed by atoms with Crippen molar-refractivity contribution in [1.29, 1.82) is 0 Å². The molecule has 1 heterocycles. The zero-order chi connectivity index (χ0) is 25.3. The van der Waals surface area contributed by atoms with E-state index in [1.54, 1.807) is 0 Å². The topological polar surface area (TPSA) is 87.2 Å². The van der Waals surface area contributed by atoms with E-state index in [-0.39, 0.29) is 28.5 Å². The van der Waals surface area contributed by atoms with Gasteiger partial charge in [-0.05, 0) is 42.4 Å². The molecule has 0 radical (unpaired) electrons. The highest BCUT2D eigenvalue weighted by Crippen LogP contribution is 2.39. The molecular formula is C22H25F4N3O3SSi. The number of nitrogens with zero attached hydrogens (tertiary/aromatic N) is 2. The molecule has 6 nitrogen and oxygen atoms in total. The Morgan fingerprint density at radius 3 is 2.06 bits per heavy atom. The maximum absolute atomic E-state index is 14.0. The van der Waals surface area contributed by atoms with Crippen molar-refractivity contribution in [2.45, 2.75) is 43.5 Å².